The van der Waals surface area contributed by atoms with E-state index in [0.29, 0.717) is 12.2 Å². The fourth-order valence-electron chi connectivity index (χ4n) is 2.30. The van der Waals surface area contributed by atoms with Crippen LogP contribution in [0.15, 0.2) is 0 Å². The summed E-state index contributed by atoms with van der Waals surface area (Å²) < 4.78 is 0. The van der Waals surface area contributed by atoms with E-state index in [1.165, 1.54) is 18.7 Å². The van der Waals surface area contributed by atoms with Gasteiger partial charge in [0.05, 0.1) is 19.2 Å². The number of carbonyl (C=O) groups excluding carboxylic acids is 4. The Morgan fingerprint density at radius 3 is 1.97 bits per heavy atom. The molecule has 178 valence electrons. The average Bonchev–Trinajstić information content (AvgIpc) is 2.70. The maximum absolute atomic E-state index is 12.4. The second-order valence-electron chi connectivity index (χ2n) is 7.22. The average molecular weight is 464 g/mol. The summed E-state index contributed by atoms with van der Waals surface area (Å²) in [4.78, 5) is 59.7. The summed E-state index contributed by atoms with van der Waals surface area (Å²) in [6.07, 6.45) is 2.18. The number of thioether (sulfide) groups is 1. The van der Waals surface area contributed by atoms with E-state index in [1.807, 2.05) is 6.26 Å². The molecular weight excluding hydrogens is 430 g/mol. The molecule has 0 aliphatic rings. The minimum absolute atomic E-state index is 0.335. The van der Waals surface area contributed by atoms with Crippen LogP contribution >= 0.6 is 11.8 Å². The number of rotatable bonds is 14. The molecule has 0 aromatic heterocycles. The Bertz CT molecular complexity index is 645. The molecule has 13 heteroatoms. The lowest BCUT2D eigenvalue weighted by Crippen LogP contribution is -2.56. The maximum Gasteiger partial charge on any atom is 0.328 e. The summed E-state index contributed by atoms with van der Waals surface area (Å²) in [6.45, 7) is 3.50. The number of hydrogen-bond donors (Lipinski definition) is 7. The highest BCUT2D eigenvalue weighted by Gasteiger charge is 2.29. The molecule has 0 fully saturated rings. The summed E-state index contributed by atoms with van der Waals surface area (Å²) >= 11 is 1.48. The predicted octanol–water partition coefficient (Wildman–Crippen LogP) is -2.61. The van der Waals surface area contributed by atoms with Gasteiger partial charge in [-0.2, -0.15) is 11.8 Å². The van der Waals surface area contributed by atoms with Gasteiger partial charge in [0.15, 0.2) is 0 Å². The number of aliphatic hydroxyl groups is 1. The van der Waals surface area contributed by atoms with Gasteiger partial charge in [-0.1, -0.05) is 13.8 Å². The number of carboxylic acids is 1. The van der Waals surface area contributed by atoms with Crippen LogP contribution in [0.3, 0.4) is 0 Å². The van der Waals surface area contributed by atoms with Crippen molar-refractivity contribution in [2.24, 2.45) is 11.7 Å². The molecule has 0 bridgehead atoms. The van der Waals surface area contributed by atoms with E-state index < -0.39 is 72.8 Å². The quantitative estimate of drug-likeness (QED) is 0.144. The van der Waals surface area contributed by atoms with Crippen LogP contribution in [-0.4, -0.2) is 89.1 Å². The van der Waals surface area contributed by atoms with Crippen molar-refractivity contribution < 1.29 is 34.2 Å². The summed E-state index contributed by atoms with van der Waals surface area (Å²) in [7, 11) is 0. The Labute approximate surface area is 185 Å². The molecule has 0 saturated heterocycles. The topological polar surface area (TPSA) is 200 Å². The lowest BCUT2D eigenvalue weighted by Gasteiger charge is -2.24. The molecule has 0 radical (unpaired) electrons. The van der Waals surface area contributed by atoms with E-state index >= 15 is 0 Å². The Morgan fingerprint density at radius 2 is 1.52 bits per heavy atom. The first kappa shape index (κ1) is 28.6. The van der Waals surface area contributed by atoms with Gasteiger partial charge in [0.1, 0.15) is 18.1 Å². The number of carboxylic acid groups (broad SMARTS) is 1. The first-order chi connectivity index (χ1) is 14.4. The number of aliphatic hydroxyl groups excluding tert-OH is 1. The van der Waals surface area contributed by atoms with Gasteiger partial charge in [0.25, 0.3) is 0 Å². The first-order valence-electron chi connectivity index (χ1n) is 9.70. The second-order valence-corrected chi connectivity index (χ2v) is 8.21. The lowest BCUT2D eigenvalue weighted by atomic mass is 10.0. The normalized spacial score (nSPS) is 14.7. The maximum atomic E-state index is 12.4. The largest absolute Gasteiger partial charge is 0.480 e. The molecule has 4 amide bonds. The van der Waals surface area contributed by atoms with Crippen molar-refractivity contribution in [2.75, 3.05) is 25.2 Å². The number of nitrogens with one attached hydrogen (secondary N) is 4. The third-order valence-corrected chi connectivity index (χ3v) is 4.79. The molecule has 0 aliphatic carbocycles. The number of carbonyl (C=O) groups is 5. The molecule has 12 nitrogen and oxygen atoms in total. The van der Waals surface area contributed by atoms with E-state index in [1.54, 1.807) is 13.8 Å². The zero-order chi connectivity index (χ0) is 24.1. The predicted molar refractivity (Wildman–Crippen MR) is 115 cm³/mol. The van der Waals surface area contributed by atoms with Gasteiger partial charge in [-0.05, 0) is 31.3 Å². The Morgan fingerprint density at radius 1 is 0.935 bits per heavy atom. The standard InChI is InChI=1S/C18H33N5O7S/c1-9(2)14(17(28)22-12(8-24)18(29)30)23-13(25)7-20-16(27)11(5-6-31-4)21-15(26)10(3)19/h9-12,14,24H,5-8,19H2,1-4H3,(H,20,27)(H,21,26)(H,22,28)(H,23,25)(H,29,30)/t10-,11-,12-,14-/m0/s1. The minimum atomic E-state index is -1.50. The fraction of sp³-hybridized carbons (Fsp3) is 0.722. The van der Waals surface area contributed by atoms with Gasteiger partial charge in [0, 0.05) is 0 Å². The van der Waals surface area contributed by atoms with Crippen LogP contribution in [0, 0.1) is 5.92 Å². The molecular formula is C18H33N5O7S. The highest BCUT2D eigenvalue weighted by Crippen LogP contribution is 2.04. The molecule has 0 rings (SSSR count). The van der Waals surface area contributed by atoms with Crippen molar-refractivity contribution in [1.29, 1.82) is 0 Å². The van der Waals surface area contributed by atoms with Gasteiger partial charge in [0.2, 0.25) is 23.6 Å². The SMILES string of the molecule is CSCC[C@H](NC(=O)[C@H](C)N)C(=O)NCC(=O)N[C@H](C(=O)N[C@@H](CO)C(=O)O)C(C)C. The smallest absolute Gasteiger partial charge is 0.328 e. The van der Waals surface area contributed by atoms with E-state index in [4.69, 9.17) is 15.9 Å². The molecule has 0 aromatic rings. The Kier molecular flexibility index (Phi) is 13.5. The van der Waals surface area contributed by atoms with Gasteiger partial charge in [-0.25, -0.2) is 4.79 Å². The van der Waals surface area contributed by atoms with Crippen molar-refractivity contribution in [3.8, 4) is 0 Å². The third-order valence-electron chi connectivity index (χ3n) is 4.14. The van der Waals surface area contributed by atoms with Crippen molar-refractivity contribution in [1.82, 2.24) is 21.3 Å². The number of hydrogen-bond acceptors (Lipinski definition) is 8. The highest BCUT2D eigenvalue weighted by atomic mass is 32.2. The van der Waals surface area contributed by atoms with E-state index in [-0.39, 0.29) is 0 Å². The van der Waals surface area contributed by atoms with Crippen molar-refractivity contribution in [2.45, 2.75) is 51.4 Å². The highest BCUT2D eigenvalue weighted by molar-refractivity contribution is 7.98. The zero-order valence-electron chi connectivity index (χ0n) is 18.1. The first-order valence-corrected chi connectivity index (χ1v) is 11.1. The molecule has 4 atom stereocenters. The molecule has 0 saturated carbocycles. The number of nitrogens with two attached hydrogens (primary N) is 1. The summed E-state index contributed by atoms with van der Waals surface area (Å²) in [5.74, 6) is -3.75. The Hall–Kier alpha value is -2.38. The van der Waals surface area contributed by atoms with Gasteiger partial charge in [-0.3, -0.25) is 19.2 Å². The summed E-state index contributed by atoms with van der Waals surface area (Å²) in [6, 6.07) is -4.26. The number of aliphatic carboxylic acids is 1. The summed E-state index contributed by atoms with van der Waals surface area (Å²) in [5.41, 5.74) is 5.51. The molecule has 31 heavy (non-hydrogen) atoms. The minimum Gasteiger partial charge on any atom is -0.480 e. The fourth-order valence-corrected chi connectivity index (χ4v) is 2.78. The molecule has 8 N–H and O–H groups in total. The lowest BCUT2D eigenvalue weighted by molar-refractivity contribution is -0.143. The Balaban J connectivity index is 4.93. The van der Waals surface area contributed by atoms with Crippen molar-refractivity contribution in [3.05, 3.63) is 0 Å². The van der Waals surface area contributed by atoms with E-state index in [2.05, 4.69) is 21.3 Å². The van der Waals surface area contributed by atoms with Crippen LogP contribution in [0.4, 0.5) is 0 Å². The van der Waals surface area contributed by atoms with Crippen LogP contribution in [0.25, 0.3) is 0 Å². The molecule has 0 unspecified atom stereocenters. The van der Waals surface area contributed by atoms with E-state index in [9.17, 15) is 24.0 Å². The van der Waals surface area contributed by atoms with Crippen molar-refractivity contribution in [3.63, 3.8) is 0 Å². The zero-order valence-corrected chi connectivity index (χ0v) is 19.0. The molecule has 0 aromatic carbocycles. The van der Waals surface area contributed by atoms with Crippen LogP contribution in [0.2, 0.25) is 0 Å². The van der Waals surface area contributed by atoms with Gasteiger partial charge < -0.3 is 37.2 Å². The third kappa shape index (κ3) is 11.0. The van der Waals surface area contributed by atoms with Gasteiger partial charge in [-0.15, -0.1) is 0 Å². The van der Waals surface area contributed by atoms with Crippen LogP contribution in [0.5, 0.6) is 0 Å². The van der Waals surface area contributed by atoms with Gasteiger partial charge >= 0.3 is 5.97 Å². The van der Waals surface area contributed by atoms with E-state index in [0.717, 1.165) is 0 Å². The molecule has 0 aliphatic heterocycles. The molecule has 0 heterocycles. The van der Waals surface area contributed by atoms with Crippen LogP contribution < -0.4 is 27.0 Å². The second kappa shape index (κ2) is 14.6. The van der Waals surface area contributed by atoms with Crippen molar-refractivity contribution >= 4 is 41.4 Å². The summed E-state index contributed by atoms with van der Waals surface area (Å²) in [5, 5.41) is 27.5. The number of amides is 4. The molecule has 0 spiro atoms. The van der Waals surface area contributed by atoms with Crippen LogP contribution in [-0.2, 0) is 24.0 Å². The van der Waals surface area contributed by atoms with Crippen LogP contribution in [0.1, 0.15) is 27.2 Å². The monoisotopic (exact) mass is 463 g/mol.